The van der Waals surface area contributed by atoms with Crippen molar-refractivity contribution in [2.45, 2.75) is 82.2 Å². The zero-order valence-corrected chi connectivity index (χ0v) is 12.6. The predicted molar refractivity (Wildman–Crippen MR) is 77.3 cm³/mol. The molecule has 1 spiro atoms. The van der Waals surface area contributed by atoms with Crippen LogP contribution in [-0.2, 0) is 4.79 Å². The Kier molecular flexibility index (Phi) is 3.74. The van der Waals surface area contributed by atoms with Crippen molar-refractivity contribution in [1.29, 1.82) is 0 Å². The summed E-state index contributed by atoms with van der Waals surface area (Å²) in [6.07, 6.45) is 11.6. The second-order valence-electron chi connectivity index (χ2n) is 6.86. The molecule has 0 aromatic carbocycles. The summed E-state index contributed by atoms with van der Waals surface area (Å²) in [6.45, 7) is 0. The van der Waals surface area contributed by atoms with Gasteiger partial charge in [0.1, 0.15) is 0 Å². The first-order valence-electron chi connectivity index (χ1n) is 8.24. The summed E-state index contributed by atoms with van der Waals surface area (Å²) in [7, 11) is 1.91. The Morgan fingerprint density at radius 2 is 1.55 bits per heavy atom. The summed E-state index contributed by atoms with van der Waals surface area (Å²) in [5.41, 5.74) is -0.169. The highest BCUT2D eigenvalue weighted by Gasteiger charge is 2.49. The van der Waals surface area contributed by atoms with Gasteiger partial charge in [-0.25, -0.2) is 4.79 Å². The van der Waals surface area contributed by atoms with Crippen molar-refractivity contribution < 1.29 is 9.59 Å². The summed E-state index contributed by atoms with van der Waals surface area (Å²) in [5.74, 6) is 0.0851. The number of hydrogen-bond acceptors (Lipinski definition) is 2. The molecule has 0 bridgehead atoms. The highest BCUT2D eigenvalue weighted by Crippen LogP contribution is 2.40. The second-order valence-corrected chi connectivity index (χ2v) is 6.86. The topological polar surface area (TPSA) is 40.6 Å². The van der Waals surface area contributed by atoms with E-state index in [1.54, 1.807) is 4.90 Å². The summed E-state index contributed by atoms with van der Waals surface area (Å²) in [4.78, 5) is 28.8. The van der Waals surface area contributed by atoms with Crippen molar-refractivity contribution in [2.75, 3.05) is 7.05 Å². The number of amides is 3. The van der Waals surface area contributed by atoms with Crippen LogP contribution < -0.4 is 0 Å². The molecular formula is C16H26N2O2. The Bertz CT molecular complexity index is 395. The molecule has 0 aromatic heterocycles. The molecule has 0 radical (unpaired) electrons. The van der Waals surface area contributed by atoms with Gasteiger partial charge in [0.15, 0.2) is 0 Å². The second kappa shape index (κ2) is 5.38. The van der Waals surface area contributed by atoms with Crippen LogP contribution in [0.1, 0.15) is 70.6 Å². The largest absolute Gasteiger partial charge is 0.327 e. The monoisotopic (exact) mass is 278 g/mol. The highest BCUT2D eigenvalue weighted by molar-refractivity contribution is 5.98. The molecule has 1 aliphatic heterocycles. The third-order valence-corrected chi connectivity index (χ3v) is 5.68. The summed E-state index contributed by atoms with van der Waals surface area (Å²) >= 11 is 0. The van der Waals surface area contributed by atoms with E-state index in [2.05, 4.69) is 0 Å². The third-order valence-electron chi connectivity index (χ3n) is 5.68. The number of carbonyl (C=O) groups is 2. The average Bonchev–Trinajstić information content (AvgIpc) is 2.47. The van der Waals surface area contributed by atoms with Crippen LogP contribution in [0.3, 0.4) is 0 Å². The minimum atomic E-state index is -0.169. The van der Waals surface area contributed by atoms with Crippen LogP contribution in [-0.4, -0.2) is 40.4 Å². The Morgan fingerprint density at radius 3 is 2.20 bits per heavy atom. The fourth-order valence-corrected chi connectivity index (χ4v) is 4.38. The maximum atomic E-state index is 12.7. The molecule has 3 rings (SSSR count). The summed E-state index contributed by atoms with van der Waals surface area (Å²) in [5, 5.41) is 0. The van der Waals surface area contributed by atoms with E-state index in [0.29, 0.717) is 6.42 Å². The standard InChI is InChI=1S/C16H26N2O2/c1-17-15(20)18(13-8-4-2-5-9-13)14(19)12-16(17)10-6-3-7-11-16/h13H,2-12H2,1H3. The van der Waals surface area contributed by atoms with Crippen LogP contribution in [0.4, 0.5) is 4.79 Å². The van der Waals surface area contributed by atoms with Crippen LogP contribution in [0, 0.1) is 0 Å². The van der Waals surface area contributed by atoms with Crippen LogP contribution in [0.25, 0.3) is 0 Å². The lowest BCUT2D eigenvalue weighted by Crippen LogP contribution is -2.65. The van der Waals surface area contributed by atoms with Gasteiger partial charge >= 0.3 is 6.03 Å². The molecule has 1 heterocycles. The van der Waals surface area contributed by atoms with Crippen molar-refractivity contribution in [1.82, 2.24) is 9.80 Å². The van der Waals surface area contributed by atoms with Crippen LogP contribution in [0.5, 0.6) is 0 Å². The van der Waals surface area contributed by atoms with E-state index in [1.807, 2.05) is 11.9 Å². The molecule has 0 atom stereocenters. The van der Waals surface area contributed by atoms with Crippen molar-refractivity contribution in [3.63, 3.8) is 0 Å². The van der Waals surface area contributed by atoms with Crippen molar-refractivity contribution in [3.8, 4) is 0 Å². The van der Waals surface area contributed by atoms with E-state index >= 15 is 0 Å². The van der Waals surface area contributed by atoms with Crippen LogP contribution in [0.15, 0.2) is 0 Å². The Morgan fingerprint density at radius 1 is 0.950 bits per heavy atom. The maximum absolute atomic E-state index is 12.7. The molecule has 3 fully saturated rings. The Labute approximate surface area is 121 Å². The quantitative estimate of drug-likeness (QED) is 0.738. The number of nitrogens with zero attached hydrogens (tertiary/aromatic N) is 2. The lowest BCUT2D eigenvalue weighted by Gasteiger charge is -2.51. The minimum Gasteiger partial charge on any atom is -0.321 e. The predicted octanol–water partition coefficient (Wildman–Crippen LogP) is 3.31. The van der Waals surface area contributed by atoms with E-state index in [4.69, 9.17) is 0 Å². The molecule has 112 valence electrons. The van der Waals surface area contributed by atoms with Gasteiger partial charge in [0.05, 0.1) is 12.0 Å². The zero-order valence-electron chi connectivity index (χ0n) is 12.6. The van der Waals surface area contributed by atoms with E-state index in [1.165, 1.54) is 12.8 Å². The maximum Gasteiger partial charge on any atom is 0.327 e. The number of rotatable bonds is 1. The Balaban J connectivity index is 1.79. The van der Waals surface area contributed by atoms with Crippen molar-refractivity contribution in [2.24, 2.45) is 0 Å². The number of carbonyl (C=O) groups excluding carboxylic acids is 2. The van der Waals surface area contributed by atoms with E-state index < -0.39 is 0 Å². The van der Waals surface area contributed by atoms with Crippen LogP contribution >= 0.6 is 0 Å². The molecule has 3 aliphatic rings. The molecule has 4 heteroatoms. The molecule has 2 saturated carbocycles. The van der Waals surface area contributed by atoms with Crippen molar-refractivity contribution >= 4 is 11.9 Å². The molecule has 2 aliphatic carbocycles. The molecule has 3 amide bonds. The first-order valence-corrected chi connectivity index (χ1v) is 8.24. The fraction of sp³-hybridized carbons (Fsp3) is 0.875. The van der Waals surface area contributed by atoms with Gasteiger partial charge in [0, 0.05) is 13.1 Å². The van der Waals surface area contributed by atoms with Gasteiger partial charge in [-0.15, -0.1) is 0 Å². The average molecular weight is 278 g/mol. The third kappa shape index (κ3) is 2.23. The van der Waals surface area contributed by atoms with Gasteiger partial charge in [-0.2, -0.15) is 0 Å². The fourth-order valence-electron chi connectivity index (χ4n) is 4.38. The zero-order chi connectivity index (χ0) is 14.2. The summed E-state index contributed by atoms with van der Waals surface area (Å²) in [6, 6.07) is 0.127. The first-order chi connectivity index (χ1) is 9.64. The lowest BCUT2D eigenvalue weighted by molar-refractivity contribution is -0.139. The Hall–Kier alpha value is -1.06. The molecule has 0 unspecified atom stereocenters. The van der Waals surface area contributed by atoms with Crippen molar-refractivity contribution in [3.05, 3.63) is 0 Å². The van der Waals surface area contributed by atoms with E-state index in [-0.39, 0.29) is 23.5 Å². The van der Waals surface area contributed by atoms with Gasteiger partial charge in [-0.1, -0.05) is 38.5 Å². The molecule has 0 N–H and O–H groups in total. The SMILES string of the molecule is CN1C(=O)N(C2CCCCC2)C(=O)CC12CCCCC2. The normalized spacial score (nSPS) is 28.2. The molecule has 1 saturated heterocycles. The van der Waals surface area contributed by atoms with Gasteiger partial charge < -0.3 is 4.90 Å². The molecule has 4 nitrogen and oxygen atoms in total. The minimum absolute atomic E-state index is 0.0324. The van der Waals surface area contributed by atoms with Gasteiger partial charge in [-0.3, -0.25) is 9.69 Å². The number of urea groups is 1. The van der Waals surface area contributed by atoms with E-state index in [9.17, 15) is 9.59 Å². The number of hydrogen-bond donors (Lipinski definition) is 0. The smallest absolute Gasteiger partial charge is 0.321 e. The highest BCUT2D eigenvalue weighted by atomic mass is 16.2. The van der Waals surface area contributed by atoms with E-state index in [0.717, 1.165) is 51.4 Å². The molecule has 20 heavy (non-hydrogen) atoms. The summed E-state index contributed by atoms with van der Waals surface area (Å²) < 4.78 is 0. The van der Waals surface area contributed by atoms with Gasteiger partial charge in [-0.05, 0) is 25.7 Å². The molecular weight excluding hydrogens is 252 g/mol. The molecule has 0 aromatic rings. The number of imide groups is 1. The van der Waals surface area contributed by atoms with Gasteiger partial charge in [0.25, 0.3) is 0 Å². The van der Waals surface area contributed by atoms with Crippen LogP contribution in [0.2, 0.25) is 0 Å². The lowest BCUT2D eigenvalue weighted by atomic mass is 9.76. The first kappa shape index (κ1) is 13.9. The van der Waals surface area contributed by atoms with Gasteiger partial charge in [0.2, 0.25) is 5.91 Å².